The second-order valence-corrected chi connectivity index (χ2v) is 5.99. The monoisotopic (exact) mass is 336 g/mol. The molecule has 0 unspecified atom stereocenters. The van der Waals surface area contributed by atoms with Gasteiger partial charge >= 0.3 is 0 Å². The predicted molar refractivity (Wildman–Crippen MR) is 103 cm³/mol. The summed E-state index contributed by atoms with van der Waals surface area (Å²) >= 11 is 0. The van der Waals surface area contributed by atoms with Crippen LogP contribution >= 0.6 is 0 Å². The summed E-state index contributed by atoms with van der Waals surface area (Å²) < 4.78 is 5.87. The van der Waals surface area contributed by atoms with Crippen molar-refractivity contribution in [3.8, 4) is 5.88 Å². The van der Waals surface area contributed by atoms with E-state index in [1.807, 2.05) is 36.4 Å². The third-order valence-electron chi connectivity index (χ3n) is 3.96. The number of aromatic nitrogens is 2. The van der Waals surface area contributed by atoms with E-state index in [0.717, 1.165) is 36.7 Å². The first-order valence-electron chi connectivity index (χ1n) is 8.74. The summed E-state index contributed by atoms with van der Waals surface area (Å²) in [6.45, 7) is 3.54. The Hall–Kier alpha value is -2.82. The van der Waals surface area contributed by atoms with E-state index in [9.17, 15) is 0 Å². The van der Waals surface area contributed by atoms with Gasteiger partial charge in [-0.1, -0.05) is 43.7 Å². The van der Waals surface area contributed by atoms with Crippen molar-refractivity contribution in [1.82, 2.24) is 9.97 Å². The molecule has 0 aliphatic rings. The molecule has 0 aliphatic carbocycles. The van der Waals surface area contributed by atoms with Gasteiger partial charge in [-0.05, 0) is 36.6 Å². The van der Waals surface area contributed by atoms with Crippen molar-refractivity contribution in [2.24, 2.45) is 0 Å². The fourth-order valence-corrected chi connectivity index (χ4v) is 2.58. The maximum absolute atomic E-state index is 5.90. The number of nitrogens with zero attached hydrogens (tertiary/aromatic N) is 2. The molecule has 3 rings (SSSR count). The number of anilines is 2. The van der Waals surface area contributed by atoms with Gasteiger partial charge in [0, 0.05) is 12.2 Å². The van der Waals surface area contributed by atoms with Gasteiger partial charge < -0.3 is 15.8 Å². The minimum atomic E-state index is 0.583. The van der Waals surface area contributed by atoms with Crippen molar-refractivity contribution in [3.63, 3.8) is 0 Å². The van der Waals surface area contributed by atoms with Crippen LogP contribution < -0.4 is 15.8 Å². The summed E-state index contributed by atoms with van der Waals surface area (Å²) in [5.74, 6) is 1.17. The molecule has 0 radical (unpaired) electrons. The van der Waals surface area contributed by atoms with Crippen molar-refractivity contribution < 1.29 is 4.74 Å². The fourth-order valence-electron chi connectivity index (χ4n) is 2.58. The number of benzene rings is 2. The Labute approximate surface area is 148 Å². The molecule has 0 fully saturated rings. The molecule has 0 aliphatic heterocycles. The molecule has 25 heavy (non-hydrogen) atoms. The zero-order chi connectivity index (χ0) is 17.5. The average Bonchev–Trinajstić information content (AvgIpc) is 2.63. The molecule has 0 bridgehead atoms. The SMILES string of the molecule is CCCCOc1nc(NCCc2ccccc2)nc2ccc(N)cc12. The summed E-state index contributed by atoms with van der Waals surface area (Å²) in [6.07, 6.45) is 2.98. The van der Waals surface area contributed by atoms with E-state index in [4.69, 9.17) is 10.5 Å². The smallest absolute Gasteiger partial charge is 0.226 e. The van der Waals surface area contributed by atoms with Crippen LogP contribution in [0.4, 0.5) is 11.6 Å². The molecule has 1 aromatic heterocycles. The molecule has 0 saturated carbocycles. The largest absolute Gasteiger partial charge is 0.477 e. The average molecular weight is 336 g/mol. The van der Waals surface area contributed by atoms with E-state index in [-0.39, 0.29) is 0 Å². The van der Waals surface area contributed by atoms with Crippen molar-refractivity contribution >= 4 is 22.5 Å². The highest BCUT2D eigenvalue weighted by atomic mass is 16.5. The highest BCUT2D eigenvalue weighted by Crippen LogP contribution is 2.26. The van der Waals surface area contributed by atoms with Crippen molar-refractivity contribution in [3.05, 3.63) is 54.1 Å². The fraction of sp³-hybridized carbons (Fsp3) is 0.300. The Morgan fingerprint density at radius 3 is 2.72 bits per heavy atom. The van der Waals surface area contributed by atoms with Crippen molar-refractivity contribution in [2.75, 3.05) is 24.2 Å². The number of hydrogen-bond donors (Lipinski definition) is 2. The van der Waals surface area contributed by atoms with Crippen LogP contribution in [0, 0.1) is 0 Å². The quantitative estimate of drug-likeness (QED) is 0.480. The Kier molecular flexibility index (Phi) is 5.67. The summed E-state index contributed by atoms with van der Waals surface area (Å²) in [7, 11) is 0. The Balaban J connectivity index is 1.76. The van der Waals surface area contributed by atoms with E-state index in [2.05, 4.69) is 34.3 Å². The molecule has 0 amide bonds. The third-order valence-corrected chi connectivity index (χ3v) is 3.96. The van der Waals surface area contributed by atoms with Crippen LogP contribution in [0.1, 0.15) is 25.3 Å². The zero-order valence-electron chi connectivity index (χ0n) is 14.5. The molecule has 0 atom stereocenters. The number of nitrogens with two attached hydrogens (primary N) is 1. The van der Waals surface area contributed by atoms with Crippen molar-refractivity contribution in [2.45, 2.75) is 26.2 Å². The number of nitrogens with one attached hydrogen (secondary N) is 1. The van der Waals surface area contributed by atoms with Gasteiger partial charge in [0.2, 0.25) is 11.8 Å². The first-order valence-corrected chi connectivity index (χ1v) is 8.74. The highest BCUT2D eigenvalue weighted by Gasteiger charge is 2.09. The molecule has 130 valence electrons. The summed E-state index contributed by atoms with van der Waals surface area (Å²) in [6, 6.07) is 16.0. The minimum absolute atomic E-state index is 0.583. The second kappa shape index (κ2) is 8.33. The molecule has 2 aromatic carbocycles. The number of rotatable bonds is 8. The lowest BCUT2D eigenvalue weighted by molar-refractivity contribution is 0.302. The predicted octanol–water partition coefficient (Wildman–Crippen LogP) is 4.05. The van der Waals surface area contributed by atoms with Gasteiger partial charge in [0.15, 0.2) is 0 Å². The number of fused-ring (bicyclic) bond motifs is 1. The lowest BCUT2D eigenvalue weighted by Crippen LogP contribution is -2.09. The Morgan fingerprint density at radius 2 is 1.92 bits per heavy atom. The molecule has 3 N–H and O–H groups in total. The molecular formula is C20H24N4O. The van der Waals surface area contributed by atoms with Crippen LogP contribution in [-0.2, 0) is 6.42 Å². The molecule has 0 spiro atoms. The van der Waals surface area contributed by atoms with E-state index >= 15 is 0 Å². The lowest BCUT2D eigenvalue weighted by atomic mass is 10.1. The first kappa shape index (κ1) is 17.0. The third kappa shape index (κ3) is 4.59. The zero-order valence-corrected chi connectivity index (χ0v) is 14.5. The van der Waals surface area contributed by atoms with Gasteiger partial charge in [-0.2, -0.15) is 4.98 Å². The molecule has 0 saturated heterocycles. The minimum Gasteiger partial charge on any atom is -0.477 e. The number of unbranched alkanes of at least 4 members (excludes halogenated alkanes) is 1. The standard InChI is InChI=1S/C20H24N4O/c1-2-3-13-25-19-17-14-16(21)9-10-18(17)23-20(24-19)22-12-11-15-7-5-4-6-8-15/h4-10,14H,2-3,11-13,21H2,1H3,(H,22,23,24). The van der Waals surface area contributed by atoms with Crippen molar-refractivity contribution in [1.29, 1.82) is 0 Å². The summed E-state index contributed by atoms with van der Waals surface area (Å²) in [4.78, 5) is 9.12. The van der Waals surface area contributed by atoms with Gasteiger partial charge in [-0.15, -0.1) is 0 Å². The van der Waals surface area contributed by atoms with Gasteiger partial charge in [0.1, 0.15) is 0 Å². The molecule has 1 heterocycles. The Bertz CT molecular complexity index is 821. The number of nitrogen functional groups attached to an aromatic ring is 1. The summed E-state index contributed by atoms with van der Waals surface area (Å²) in [5, 5.41) is 4.15. The van der Waals surface area contributed by atoms with Crippen LogP contribution in [0.15, 0.2) is 48.5 Å². The lowest BCUT2D eigenvalue weighted by Gasteiger charge is -2.11. The van der Waals surface area contributed by atoms with Crippen LogP contribution in [0.5, 0.6) is 5.88 Å². The van der Waals surface area contributed by atoms with Gasteiger partial charge in [-0.3, -0.25) is 0 Å². The van der Waals surface area contributed by atoms with E-state index in [0.29, 0.717) is 24.1 Å². The van der Waals surface area contributed by atoms with E-state index < -0.39 is 0 Å². The van der Waals surface area contributed by atoms with Crippen LogP contribution in [0.25, 0.3) is 10.9 Å². The molecule has 5 heteroatoms. The Morgan fingerprint density at radius 1 is 1.08 bits per heavy atom. The second-order valence-electron chi connectivity index (χ2n) is 5.99. The van der Waals surface area contributed by atoms with Gasteiger partial charge in [0.25, 0.3) is 0 Å². The molecule has 3 aromatic rings. The first-order chi connectivity index (χ1) is 12.3. The van der Waals surface area contributed by atoms with Crippen LogP contribution in [0.2, 0.25) is 0 Å². The van der Waals surface area contributed by atoms with E-state index in [1.54, 1.807) is 0 Å². The van der Waals surface area contributed by atoms with Gasteiger partial charge in [0.05, 0.1) is 17.5 Å². The summed E-state index contributed by atoms with van der Waals surface area (Å²) in [5.41, 5.74) is 8.70. The maximum Gasteiger partial charge on any atom is 0.226 e. The van der Waals surface area contributed by atoms with E-state index in [1.165, 1.54) is 5.56 Å². The highest BCUT2D eigenvalue weighted by molar-refractivity contribution is 5.87. The topological polar surface area (TPSA) is 73.1 Å². The van der Waals surface area contributed by atoms with Crippen LogP contribution in [0.3, 0.4) is 0 Å². The molecule has 5 nitrogen and oxygen atoms in total. The maximum atomic E-state index is 5.90. The number of ether oxygens (including phenoxy) is 1. The molecular weight excluding hydrogens is 312 g/mol. The van der Waals surface area contributed by atoms with Gasteiger partial charge in [-0.25, -0.2) is 4.98 Å². The normalized spacial score (nSPS) is 10.8. The van der Waals surface area contributed by atoms with Crippen LogP contribution in [-0.4, -0.2) is 23.1 Å². The number of hydrogen-bond acceptors (Lipinski definition) is 5.